The van der Waals surface area contributed by atoms with E-state index in [1.54, 1.807) is 0 Å². The Bertz CT molecular complexity index is 71.3. The second-order valence-electron chi connectivity index (χ2n) is 1.69. The zero-order chi connectivity index (χ0) is 6.95. The molecule has 0 unspecified atom stereocenters. The molecular formula is C7H13BrS. The fourth-order valence-electron chi connectivity index (χ4n) is 0.404. The van der Waals surface area contributed by atoms with Gasteiger partial charge in [-0.3, -0.25) is 0 Å². The minimum Gasteiger partial charge on any atom is -0.158 e. The molecule has 0 saturated heterocycles. The van der Waals surface area contributed by atoms with Gasteiger partial charge in [0, 0.05) is 11.1 Å². The molecule has 0 aliphatic rings. The Balaban J connectivity index is 2.75. The number of allylic oxidation sites excluding steroid dienone is 1. The van der Waals surface area contributed by atoms with Crippen LogP contribution in [-0.4, -0.2) is 16.8 Å². The number of thioether (sulfide) groups is 1. The topological polar surface area (TPSA) is 0 Å². The Morgan fingerprint density at radius 3 is 2.89 bits per heavy atom. The molecule has 0 aliphatic heterocycles. The van der Waals surface area contributed by atoms with E-state index in [-0.39, 0.29) is 0 Å². The summed E-state index contributed by atoms with van der Waals surface area (Å²) in [5.74, 6) is 2.44. The molecule has 0 aliphatic carbocycles. The first-order chi connectivity index (χ1) is 4.41. The Morgan fingerprint density at radius 2 is 2.33 bits per heavy atom. The average Bonchev–Trinajstić information content (AvgIpc) is 1.89. The van der Waals surface area contributed by atoms with E-state index < -0.39 is 0 Å². The highest BCUT2D eigenvalue weighted by Crippen LogP contribution is 2.03. The summed E-state index contributed by atoms with van der Waals surface area (Å²) >= 11 is 5.37. The van der Waals surface area contributed by atoms with Crippen LogP contribution in [0.3, 0.4) is 0 Å². The first kappa shape index (κ1) is 9.57. The van der Waals surface area contributed by atoms with Gasteiger partial charge in [-0.05, 0) is 19.1 Å². The van der Waals surface area contributed by atoms with Gasteiger partial charge in [0.05, 0.1) is 0 Å². The summed E-state index contributed by atoms with van der Waals surface area (Å²) in [6.07, 6.45) is 5.57. The van der Waals surface area contributed by atoms with Crippen molar-refractivity contribution in [2.45, 2.75) is 13.3 Å². The van der Waals surface area contributed by atoms with Gasteiger partial charge in [0.15, 0.2) is 0 Å². The van der Waals surface area contributed by atoms with Gasteiger partial charge in [0.1, 0.15) is 0 Å². The Kier molecular flexibility index (Phi) is 9.11. The first-order valence-electron chi connectivity index (χ1n) is 3.16. The molecule has 0 atom stereocenters. The van der Waals surface area contributed by atoms with Crippen molar-refractivity contribution >= 4 is 27.7 Å². The molecule has 0 spiro atoms. The van der Waals surface area contributed by atoms with E-state index >= 15 is 0 Å². The monoisotopic (exact) mass is 208 g/mol. The molecule has 0 radical (unpaired) electrons. The maximum absolute atomic E-state index is 3.39. The van der Waals surface area contributed by atoms with E-state index in [1.165, 1.54) is 17.9 Å². The van der Waals surface area contributed by atoms with Gasteiger partial charge in [-0.1, -0.05) is 28.1 Å². The van der Waals surface area contributed by atoms with Crippen molar-refractivity contribution in [3.8, 4) is 0 Å². The van der Waals surface area contributed by atoms with Crippen molar-refractivity contribution in [1.82, 2.24) is 0 Å². The van der Waals surface area contributed by atoms with Gasteiger partial charge in [0.25, 0.3) is 0 Å². The van der Waals surface area contributed by atoms with E-state index in [9.17, 15) is 0 Å². The highest BCUT2D eigenvalue weighted by molar-refractivity contribution is 9.09. The fraction of sp³-hybridized carbons (Fsp3) is 0.714. The molecule has 0 nitrogen and oxygen atoms in total. The highest BCUT2D eigenvalue weighted by atomic mass is 79.9. The molecule has 0 bridgehead atoms. The molecule has 9 heavy (non-hydrogen) atoms. The SMILES string of the molecule is C/C=C/CSCCCBr. The van der Waals surface area contributed by atoms with Crippen molar-refractivity contribution in [1.29, 1.82) is 0 Å². The van der Waals surface area contributed by atoms with E-state index in [2.05, 4.69) is 35.0 Å². The van der Waals surface area contributed by atoms with Gasteiger partial charge >= 0.3 is 0 Å². The smallest absolute Gasteiger partial charge is 0.0113 e. The van der Waals surface area contributed by atoms with Crippen LogP contribution in [0.4, 0.5) is 0 Å². The minimum absolute atomic E-state index is 1.13. The molecule has 0 fully saturated rings. The van der Waals surface area contributed by atoms with Crippen LogP contribution >= 0.6 is 27.7 Å². The molecule has 0 amide bonds. The number of rotatable bonds is 5. The largest absolute Gasteiger partial charge is 0.158 e. The van der Waals surface area contributed by atoms with Crippen LogP contribution < -0.4 is 0 Å². The summed E-state index contributed by atoms with van der Waals surface area (Å²) in [5, 5.41) is 1.13. The van der Waals surface area contributed by atoms with Crippen LogP contribution in [0.2, 0.25) is 0 Å². The van der Waals surface area contributed by atoms with Crippen LogP contribution in [0.1, 0.15) is 13.3 Å². The third-order valence-corrected chi connectivity index (χ3v) is 2.44. The molecule has 0 aromatic heterocycles. The molecule has 0 aromatic rings. The highest BCUT2D eigenvalue weighted by Gasteiger charge is 1.82. The minimum atomic E-state index is 1.13. The lowest BCUT2D eigenvalue weighted by molar-refractivity contribution is 1.14. The quantitative estimate of drug-likeness (QED) is 0.381. The second-order valence-corrected chi connectivity index (χ2v) is 3.63. The maximum Gasteiger partial charge on any atom is 0.0113 e. The number of hydrogen-bond acceptors (Lipinski definition) is 1. The summed E-state index contributed by atoms with van der Waals surface area (Å²) in [7, 11) is 0. The Morgan fingerprint density at radius 1 is 1.56 bits per heavy atom. The van der Waals surface area contributed by atoms with Crippen LogP contribution in [0.5, 0.6) is 0 Å². The van der Waals surface area contributed by atoms with Gasteiger partial charge in [-0.25, -0.2) is 0 Å². The fourth-order valence-corrected chi connectivity index (χ4v) is 1.90. The molecule has 54 valence electrons. The van der Waals surface area contributed by atoms with Crippen molar-refractivity contribution in [3.05, 3.63) is 12.2 Å². The summed E-state index contributed by atoms with van der Waals surface area (Å²) in [6, 6.07) is 0. The molecule has 0 saturated carbocycles. The van der Waals surface area contributed by atoms with E-state index in [0.717, 1.165) is 5.33 Å². The van der Waals surface area contributed by atoms with E-state index in [0.29, 0.717) is 0 Å². The molecule has 0 N–H and O–H groups in total. The normalized spacial score (nSPS) is 10.9. The molecular weight excluding hydrogens is 196 g/mol. The Labute approximate surface area is 70.2 Å². The van der Waals surface area contributed by atoms with Gasteiger partial charge in [-0.15, -0.1) is 0 Å². The third kappa shape index (κ3) is 8.57. The maximum atomic E-state index is 3.39. The number of hydrogen-bond donors (Lipinski definition) is 0. The summed E-state index contributed by atoms with van der Waals surface area (Å²) < 4.78 is 0. The van der Waals surface area contributed by atoms with Crippen LogP contribution in [0.25, 0.3) is 0 Å². The van der Waals surface area contributed by atoms with Crippen molar-refractivity contribution < 1.29 is 0 Å². The number of alkyl halides is 1. The van der Waals surface area contributed by atoms with Crippen LogP contribution in [-0.2, 0) is 0 Å². The molecule has 0 heterocycles. The predicted molar refractivity (Wildman–Crippen MR) is 50.6 cm³/mol. The lowest BCUT2D eigenvalue weighted by atomic mass is 10.6. The first-order valence-corrected chi connectivity index (χ1v) is 5.44. The van der Waals surface area contributed by atoms with Crippen molar-refractivity contribution in [2.75, 3.05) is 16.8 Å². The number of halogens is 1. The van der Waals surface area contributed by atoms with Crippen molar-refractivity contribution in [2.24, 2.45) is 0 Å². The summed E-state index contributed by atoms with van der Waals surface area (Å²) in [4.78, 5) is 0. The van der Waals surface area contributed by atoms with Crippen molar-refractivity contribution in [3.63, 3.8) is 0 Å². The lowest BCUT2D eigenvalue weighted by Gasteiger charge is -1.92. The summed E-state index contributed by atoms with van der Waals surface area (Å²) in [6.45, 7) is 2.06. The molecule has 0 aromatic carbocycles. The van der Waals surface area contributed by atoms with Gasteiger partial charge < -0.3 is 0 Å². The molecule has 2 heteroatoms. The Hall–Kier alpha value is 0.570. The zero-order valence-corrected chi connectivity index (χ0v) is 8.17. The zero-order valence-electron chi connectivity index (χ0n) is 5.77. The standard InChI is InChI=1S/C7H13BrS/c1-2-3-6-9-7-4-5-8/h2-3H,4-7H2,1H3/b3-2+. The molecule has 0 rings (SSSR count). The van der Waals surface area contributed by atoms with E-state index in [4.69, 9.17) is 0 Å². The predicted octanol–water partition coefficient (Wildman–Crippen LogP) is 3.08. The van der Waals surface area contributed by atoms with Gasteiger partial charge in [-0.2, -0.15) is 11.8 Å². The van der Waals surface area contributed by atoms with Crippen LogP contribution in [0, 0.1) is 0 Å². The lowest BCUT2D eigenvalue weighted by Crippen LogP contribution is -1.80. The average molecular weight is 209 g/mol. The van der Waals surface area contributed by atoms with Crippen LogP contribution in [0.15, 0.2) is 12.2 Å². The second kappa shape index (κ2) is 8.57. The van der Waals surface area contributed by atoms with E-state index in [1.807, 2.05) is 11.8 Å². The third-order valence-electron chi connectivity index (χ3n) is 0.872. The summed E-state index contributed by atoms with van der Waals surface area (Å²) in [5.41, 5.74) is 0. The van der Waals surface area contributed by atoms with Gasteiger partial charge in [0.2, 0.25) is 0 Å².